The Hall–Kier alpha value is -3.60. The number of sulfone groups is 1. The van der Waals surface area contributed by atoms with Crippen molar-refractivity contribution in [2.45, 2.75) is 12.1 Å². The van der Waals surface area contributed by atoms with Gasteiger partial charge in [-0.25, -0.2) is 18.4 Å². The fourth-order valence-electron chi connectivity index (χ4n) is 2.71. The van der Waals surface area contributed by atoms with Gasteiger partial charge in [-0.15, -0.1) is 5.10 Å². The summed E-state index contributed by atoms with van der Waals surface area (Å²) in [5, 5.41) is 8.99. The van der Waals surface area contributed by atoms with E-state index >= 15 is 0 Å². The van der Waals surface area contributed by atoms with Crippen LogP contribution in [-0.2, 0) is 9.84 Å². The van der Waals surface area contributed by atoms with Crippen molar-refractivity contribution in [1.29, 1.82) is 0 Å². The van der Waals surface area contributed by atoms with E-state index in [2.05, 4.69) is 30.5 Å². The summed E-state index contributed by atoms with van der Waals surface area (Å²) in [6.07, 6.45) is 2.57. The van der Waals surface area contributed by atoms with Crippen molar-refractivity contribution in [3.63, 3.8) is 0 Å². The fourth-order valence-corrected chi connectivity index (χ4v) is 3.48. The predicted molar refractivity (Wildman–Crippen MR) is 101 cm³/mol. The molecule has 0 aromatic carbocycles. The topological polar surface area (TPSA) is 135 Å². The molecule has 1 amide bonds. The molecule has 4 rings (SSSR count). The van der Waals surface area contributed by atoms with E-state index in [9.17, 15) is 13.2 Å². The lowest BCUT2D eigenvalue weighted by Gasteiger charge is -1.99. The SMILES string of the molecule is Cc1cccc(-c2nc(NC(=O)c3nc(S(C)(=O)=O)n4ccccc34)n[nH]2)n1. The molecule has 0 atom stereocenters. The van der Waals surface area contributed by atoms with E-state index in [0.717, 1.165) is 11.9 Å². The molecule has 0 aliphatic rings. The maximum absolute atomic E-state index is 12.7. The quantitative estimate of drug-likeness (QED) is 0.532. The Morgan fingerprint density at radius 1 is 1.11 bits per heavy atom. The minimum atomic E-state index is -3.62. The van der Waals surface area contributed by atoms with Gasteiger partial charge in [0.1, 0.15) is 5.69 Å². The van der Waals surface area contributed by atoms with Gasteiger partial charge in [0.05, 0.1) is 5.52 Å². The third kappa shape index (κ3) is 3.22. The minimum absolute atomic E-state index is 0.0290. The summed E-state index contributed by atoms with van der Waals surface area (Å²) in [4.78, 5) is 25.2. The van der Waals surface area contributed by atoms with E-state index in [1.165, 1.54) is 10.6 Å². The van der Waals surface area contributed by atoms with Crippen molar-refractivity contribution >= 4 is 27.2 Å². The summed E-state index contributed by atoms with van der Waals surface area (Å²) in [5.74, 6) is -0.201. The normalized spacial score (nSPS) is 11.6. The summed E-state index contributed by atoms with van der Waals surface area (Å²) in [6.45, 7) is 1.85. The molecule has 10 nitrogen and oxygen atoms in total. The van der Waals surface area contributed by atoms with Crippen LogP contribution in [0.25, 0.3) is 17.0 Å². The summed E-state index contributed by atoms with van der Waals surface area (Å²) in [5.41, 5.74) is 1.72. The van der Waals surface area contributed by atoms with Crippen molar-refractivity contribution in [2.24, 2.45) is 0 Å². The van der Waals surface area contributed by atoms with Crippen LogP contribution < -0.4 is 5.32 Å². The molecule has 0 fully saturated rings. The van der Waals surface area contributed by atoms with Crippen LogP contribution in [0, 0.1) is 6.92 Å². The highest BCUT2D eigenvalue weighted by Crippen LogP contribution is 2.19. The molecule has 0 bridgehead atoms. The van der Waals surface area contributed by atoms with E-state index in [4.69, 9.17) is 0 Å². The lowest BCUT2D eigenvalue weighted by atomic mass is 10.3. The number of imidazole rings is 1. The number of nitrogens with zero attached hydrogens (tertiary/aromatic N) is 5. The van der Waals surface area contributed by atoms with Gasteiger partial charge in [-0.3, -0.25) is 19.6 Å². The third-order valence-electron chi connectivity index (χ3n) is 3.90. The molecule has 0 aliphatic carbocycles. The number of aromatic nitrogens is 6. The van der Waals surface area contributed by atoms with Gasteiger partial charge in [-0.05, 0) is 31.2 Å². The Morgan fingerprint density at radius 2 is 1.93 bits per heavy atom. The average molecular weight is 397 g/mol. The van der Waals surface area contributed by atoms with Gasteiger partial charge in [0.15, 0.2) is 11.5 Å². The molecule has 28 heavy (non-hydrogen) atoms. The minimum Gasteiger partial charge on any atom is -0.290 e. The molecule has 0 saturated heterocycles. The summed E-state index contributed by atoms with van der Waals surface area (Å²) < 4.78 is 25.3. The van der Waals surface area contributed by atoms with Crippen molar-refractivity contribution in [3.05, 3.63) is 54.0 Å². The Labute approximate surface area is 159 Å². The number of hydrogen-bond acceptors (Lipinski definition) is 7. The van der Waals surface area contributed by atoms with Crippen LogP contribution in [0.2, 0.25) is 0 Å². The van der Waals surface area contributed by atoms with Crippen molar-refractivity contribution in [2.75, 3.05) is 11.6 Å². The van der Waals surface area contributed by atoms with Crippen LogP contribution in [0.5, 0.6) is 0 Å². The number of aromatic amines is 1. The molecular weight excluding hydrogens is 382 g/mol. The third-order valence-corrected chi connectivity index (χ3v) is 4.86. The first-order valence-corrected chi connectivity index (χ1v) is 10.1. The maximum atomic E-state index is 12.7. The first-order valence-electron chi connectivity index (χ1n) is 8.18. The van der Waals surface area contributed by atoms with Crippen LogP contribution in [-0.4, -0.2) is 50.1 Å². The van der Waals surface area contributed by atoms with Crippen molar-refractivity contribution in [1.82, 2.24) is 29.5 Å². The lowest BCUT2D eigenvalue weighted by Crippen LogP contribution is -2.14. The Kier molecular flexibility index (Phi) is 4.15. The fraction of sp³-hybridized carbons (Fsp3) is 0.118. The zero-order valence-electron chi connectivity index (χ0n) is 14.9. The number of rotatable bonds is 4. The van der Waals surface area contributed by atoms with E-state index < -0.39 is 15.7 Å². The number of carbonyl (C=O) groups excluding carboxylic acids is 1. The number of aryl methyl sites for hydroxylation is 1. The molecule has 0 radical (unpaired) electrons. The molecule has 0 spiro atoms. The van der Waals surface area contributed by atoms with Gasteiger partial charge in [-0.1, -0.05) is 12.1 Å². The molecule has 2 N–H and O–H groups in total. The monoisotopic (exact) mass is 397 g/mol. The van der Waals surface area contributed by atoms with Gasteiger partial charge in [0, 0.05) is 18.1 Å². The average Bonchev–Trinajstić information content (AvgIpc) is 3.26. The molecule has 4 heterocycles. The highest BCUT2D eigenvalue weighted by Gasteiger charge is 2.23. The first kappa shape index (κ1) is 17.8. The van der Waals surface area contributed by atoms with E-state index in [0.29, 0.717) is 17.0 Å². The number of nitrogens with one attached hydrogen (secondary N) is 2. The number of amides is 1. The van der Waals surface area contributed by atoms with Gasteiger partial charge < -0.3 is 0 Å². The molecule has 142 valence electrons. The Bertz CT molecular complexity index is 1310. The molecule has 0 unspecified atom stereocenters. The Morgan fingerprint density at radius 3 is 2.68 bits per heavy atom. The van der Waals surface area contributed by atoms with Crippen LogP contribution in [0.15, 0.2) is 47.8 Å². The van der Waals surface area contributed by atoms with E-state index in [1.54, 1.807) is 24.3 Å². The number of hydrogen-bond donors (Lipinski definition) is 2. The second-order valence-electron chi connectivity index (χ2n) is 6.10. The smallest absolute Gasteiger partial charge is 0.278 e. The zero-order valence-corrected chi connectivity index (χ0v) is 15.7. The van der Waals surface area contributed by atoms with Gasteiger partial charge in [-0.2, -0.15) is 4.98 Å². The van der Waals surface area contributed by atoms with Crippen LogP contribution in [0.4, 0.5) is 5.95 Å². The van der Waals surface area contributed by atoms with Gasteiger partial charge in [0.2, 0.25) is 20.9 Å². The molecule has 4 aromatic heterocycles. The number of fused-ring (bicyclic) bond motifs is 1. The second kappa shape index (κ2) is 6.53. The largest absolute Gasteiger partial charge is 0.290 e. The lowest BCUT2D eigenvalue weighted by molar-refractivity contribution is 0.102. The van der Waals surface area contributed by atoms with Crippen LogP contribution in [0.3, 0.4) is 0 Å². The van der Waals surface area contributed by atoms with E-state index in [1.807, 2.05) is 19.1 Å². The second-order valence-corrected chi connectivity index (χ2v) is 8.01. The highest BCUT2D eigenvalue weighted by molar-refractivity contribution is 7.90. The number of H-pyrrole nitrogens is 1. The molecule has 0 saturated carbocycles. The van der Waals surface area contributed by atoms with Gasteiger partial charge in [0.25, 0.3) is 5.91 Å². The molecule has 0 aliphatic heterocycles. The summed E-state index contributed by atoms with van der Waals surface area (Å²) in [6, 6.07) is 10.4. The summed E-state index contributed by atoms with van der Waals surface area (Å²) >= 11 is 0. The predicted octanol–water partition coefficient (Wildman–Crippen LogP) is 1.48. The number of pyridine rings is 2. The van der Waals surface area contributed by atoms with Crippen LogP contribution >= 0.6 is 0 Å². The zero-order chi connectivity index (χ0) is 19.9. The first-order chi connectivity index (χ1) is 13.3. The van der Waals surface area contributed by atoms with E-state index in [-0.39, 0.29) is 16.8 Å². The standard InChI is InChI=1S/C17H15N7O3S/c1-10-6-5-7-11(18-10)14-20-16(23-22-14)21-15(25)13-12-8-3-4-9-24(12)17(19-13)28(2,26)27/h3-9H,1-2H3,(H2,20,21,22,23,25). The maximum Gasteiger partial charge on any atom is 0.278 e. The molecule has 11 heteroatoms. The number of anilines is 1. The van der Waals surface area contributed by atoms with Crippen LogP contribution in [0.1, 0.15) is 16.2 Å². The van der Waals surface area contributed by atoms with Crippen molar-refractivity contribution < 1.29 is 13.2 Å². The molecule has 4 aromatic rings. The Balaban J connectivity index is 1.67. The number of carbonyl (C=O) groups is 1. The van der Waals surface area contributed by atoms with Crippen molar-refractivity contribution in [3.8, 4) is 11.5 Å². The molecular formula is C17H15N7O3S. The van der Waals surface area contributed by atoms with Gasteiger partial charge >= 0.3 is 0 Å². The summed E-state index contributed by atoms with van der Waals surface area (Å²) in [7, 11) is -3.62. The highest BCUT2D eigenvalue weighted by atomic mass is 32.2.